The summed E-state index contributed by atoms with van der Waals surface area (Å²) in [5, 5.41) is 12.8. The number of hydrogen-bond acceptors (Lipinski definition) is 7. The van der Waals surface area contributed by atoms with Crippen LogP contribution < -0.4 is 11.1 Å². The Morgan fingerprint density at radius 2 is 1.94 bits per heavy atom. The molecular formula is C21H17F2N3O5S3. The van der Waals surface area contributed by atoms with Gasteiger partial charge in [-0.3, -0.25) is 24.1 Å². The third-order valence-corrected chi connectivity index (χ3v) is 6.90. The summed E-state index contributed by atoms with van der Waals surface area (Å²) in [5.41, 5.74) is 6.32. The number of thiophene rings is 1. The van der Waals surface area contributed by atoms with E-state index in [1.807, 2.05) is 0 Å². The summed E-state index contributed by atoms with van der Waals surface area (Å²) in [5.74, 6) is -5.20. The largest absolute Gasteiger partial charge is 0.481 e. The molecule has 4 N–H and O–H groups in total. The fourth-order valence-electron chi connectivity index (χ4n) is 2.96. The van der Waals surface area contributed by atoms with Crippen LogP contribution in [0.15, 0.2) is 34.6 Å². The Hall–Kier alpha value is -3.16. The summed E-state index contributed by atoms with van der Waals surface area (Å²) >= 11 is 7.46. The van der Waals surface area contributed by atoms with Crippen LogP contribution >= 0.6 is 35.3 Å². The van der Waals surface area contributed by atoms with Crippen LogP contribution in [0.1, 0.15) is 17.7 Å². The molecule has 3 rings (SSSR count). The molecule has 34 heavy (non-hydrogen) atoms. The van der Waals surface area contributed by atoms with Gasteiger partial charge in [0.2, 0.25) is 11.8 Å². The fourth-order valence-corrected chi connectivity index (χ4v) is 5.13. The maximum Gasteiger partial charge on any atom is 0.303 e. The Balaban J connectivity index is 1.67. The molecule has 0 spiro atoms. The summed E-state index contributed by atoms with van der Waals surface area (Å²) in [6.07, 6.45) is 1.02. The van der Waals surface area contributed by atoms with Crippen molar-refractivity contribution in [3.8, 4) is 11.1 Å². The third-order valence-electron chi connectivity index (χ3n) is 4.65. The number of carbonyl (C=O) groups is 4. The van der Waals surface area contributed by atoms with Crippen LogP contribution in [0.5, 0.6) is 0 Å². The summed E-state index contributed by atoms with van der Waals surface area (Å²) in [6.45, 7) is -0.469. The Kier molecular flexibility index (Phi) is 8.12. The first-order valence-electron chi connectivity index (χ1n) is 9.65. The standard InChI is InChI=1S/C21H17F2N3O5S3/c22-13-2-1-10(6-14(13)23)11-5-12(33-9-11)7-16-20(31)26(21(32)34-16)8-17(27)25-15(19(24)30)3-4-18(28)29/h1-2,5-7,9,15H,3-4,8H2,(H2,24,30)(H,25,27)(H,28,29)/t15-/m0/s1. The number of thiocarbonyl (C=S) groups is 1. The highest BCUT2D eigenvalue weighted by Gasteiger charge is 2.34. The number of carboxylic acids is 1. The van der Waals surface area contributed by atoms with Gasteiger partial charge in [0.05, 0.1) is 4.91 Å². The van der Waals surface area contributed by atoms with Gasteiger partial charge in [-0.15, -0.1) is 11.3 Å². The lowest BCUT2D eigenvalue weighted by atomic mass is 10.1. The van der Waals surface area contributed by atoms with Crippen molar-refractivity contribution in [2.45, 2.75) is 18.9 Å². The van der Waals surface area contributed by atoms with Crippen molar-refractivity contribution in [1.29, 1.82) is 0 Å². The number of thioether (sulfide) groups is 1. The lowest BCUT2D eigenvalue weighted by Gasteiger charge is -2.18. The minimum absolute atomic E-state index is 0.130. The van der Waals surface area contributed by atoms with Gasteiger partial charge in [0.1, 0.15) is 16.9 Å². The number of primary amides is 1. The topological polar surface area (TPSA) is 130 Å². The molecular weight excluding hydrogens is 508 g/mol. The molecule has 1 atom stereocenters. The normalized spacial score (nSPS) is 15.6. The number of nitrogens with two attached hydrogens (primary N) is 1. The molecule has 1 aliphatic rings. The maximum atomic E-state index is 13.5. The molecule has 0 saturated carbocycles. The molecule has 2 aromatic rings. The van der Waals surface area contributed by atoms with E-state index in [9.17, 15) is 28.0 Å². The highest BCUT2D eigenvalue weighted by atomic mass is 32.2. The van der Waals surface area contributed by atoms with Crippen LogP contribution in [0.3, 0.4) is 0 Å². The van der Waals surface area contributed by atoms with Gasteiger partial charge in [-0.25, -0.2) is 8.78 Å². The molecule has 1 saturated heterocycles. The van der Waals surface area contributed by atoms with Crippen molar-refractivity contribution in [1.82, 2.24) is 10.2 Å². The van der Waals surface area contributed by atoms with Crippen molar-refractivity contribution in [2.75, 3.05) is 6.54 Å². The molecule has 1 aromatic heterocycles. The molecule has 8 nitrogen and oxygen atoms in total. The van der Waals surface area contributed by atoms with E-state index >= 15 is 0 Å². The zero-order valence-corrected chi connectivity index (χ0v) is 19.7. The van der Waals surface area contributed by atoms with E-state index in [-0.39, 0.29) is 22.1 Å². The Morgan fingerprint density at radius 1 is 1.21 bits per heavy atom. The van der Waals surface area contributed by atoms with Crippen LogP contribution in [0, 0.1) is 11.6 Å². The first-order valence-corrected chi connectivity index (χ1v) is 11.8. The van der Waals surface area contributed by atoms with E-state index in [0.29, 0.717) is 16.0 Å². The highest BCUT2D eigenvalue weighted by Crippen LogP contribution is 2.35. The van der Waals surface area contributed by atoms with Crippen molar-refractivity contribution < 1.29 is 33.1 Å². The van der Waals surface area contributed by atoms with Gasteiger partial charge in [-0.2, -0.15) is 0 Å². The monoisotopic (exact) mass is 525 g/mol. The minimum atomic E-state index is -1.20. The number of amides is 3. The number of halogens is 2. The zero-order valence-electron chi connectivity index (χ0n) is 17.2. The predicted octanol–water partition coefficient (Wildman–Crippen LogP) is 2.73. The quantitative estimate of drug-likeness (QED) is 0.339. The smallest absolute Gasteiger partial charge is 0.303 e. The minimum Gasteiger partial charge on any atom is -0.481 e. The Bertz CT molecular complexity index is 1210. The van der Waals surface area contributed by atoms with Gasteiger partial charge in [-0.05, 0) is 47.2 Å². The van der Waals surface area contributed by atoms with Crippen molar-refractivity contribution in [3.63, 3.8) is 0 Å². The van der Waals surface area contributed by atoms with Crippen LogP contribution in [0.25, 0.3) is 17.2 Å². The number of nitrogens with zero attached hydrogens (tertiary/aromatic N) is 1. The molecule has 1 fully saturated rings. The molecule has 0 aliphatic carbocycles. The second-order valence-corrected chi connectivity index (χ2v) is 9.71. The predicted molar refractivity (Wildman–Crippen MR) is 128 cm³/mol. The van der Waals surface area contributed by atoms with Gasteiger partial charge < -0.3 is 16.2 Å². The summed E-state index contributed by atoms with van der Waals surface area (Å²) in [4.78, 5) is 49.2. The first-order chi connectivity index (χ1) is 16.0. The van der Waals surface area contributed by atoms with E-state index < -0.39 is 47.9 Å². The molecule has 0 radical (unpaired) electrons. The van der Waals surface area contributed by atoms with E-state index in [2.05, 4.69) is 5.32 Å². The highest BCUT2D eigenvalue weighted by molar-refractivity contribution is 8.26. The van der Waals surface area contributed by atoms with Crippen LogP contribution in [0.4, 0.5) is 8.78 Å². The average Bonchev–Trinajstić information content (AvgIpc) is 3.33. The molecule has 1 aliphatic heterocycles. The van der Waals surface area contributed by atoms with Crippen molar-refractivity contribution >= 4 is 69.4 Å². The maximum absolute atomic E-state index is 13.5. The number of carbonyl (C=O) groups excluding carboxylic acids is 3. The summed E-state index contributed by atoms with van der Waals surface area (Å²) < 4.78 is 26.8. The molecule has 3 amide bonds. The van der Waals surface area contributed by atoms with Crippen LogP contribution in [-0.2, 0) is 19.2 Å². The summed E-state index contributed by atoms with van der Waals surface area (Å²) in [6, 6.07) is 4.06. The lowest BCUT2D eigenvalue weighted by Crippen LogP contribution is -2.48. The van der Waals surface area contributed by atoms with Gasteiger partial charge >= 0.3 is 5.97 Å². The molecule has 13 heteroatoms. The van der Waals surface area contributed by atoms with E-state index in [1.54, 1.807) is 17.5 Å². The van der Waals surface area contributed by atoms with Crippen LogP contribution in [0.2, 0.25) is 0 Å². The van der Waals surface area contributed by atoms with Crippen molar-refractivity contribution in [2.24, 2.45) is 5.73 Å². The van der Waals surface area contributed by atoms with Gasteiger partial charge in [-0.1, -0.05) is 30.0 Å². The molecule has 0 bridgehead atoms. The van der Waals surface area contributed by atoms with Crippen molar-refractivity contribution in [3.05, 3.63) is 51.1 Å². The molecule has 2 heterocycles. The third kappa shape index (κ3) is 6.24. The SMILES string of the molecule is NC(=O)[C@H](CCC(=O)O)NC(=O)CN1C(=O)C(=Cc2cc(-c3ccc(F)c(F)c3)cs2)SC1=S. The second kappa shape index (κ2) is 10.8. The lowest BCUT2D eigenvalue weighted by molar-refractivity contribution is -0.137. The number of carboxylic acid groups (broad SMARTS) is 1. The fraction of sp³-hybridized carbons (Fsp3) is 0.190. The first kappa shape index (κ1) is 25.5. The molecule has 0 unspecified atom stereocenters. The Morgan fingerprint density at radius 3 is 2.59 bits per heavy atom. The average molecular weight is 526 g/mol. The van der Waals surface area contributed by atoms with Gasteiger partial charge in [0, 0.05) is 11.3 Å². The number of nitrogens with one attached hydrogen (secondary N) is 1. The zero-order chi connectivity index (χ0) is 25.0. The number of benzene rings is 1. The number of hydrogen-bond donors (Lipinski definition) is 3. The second-order valence-electron chi connectivity index (χ2n) is 7.09. The molecule has 1 aromatic carbocycles. The van der Waals surface area contributed by atoms with Gasteiger partial charge in [0.15, 0.2) is 11.6 Å². The van der Waals surface area contributed by atoms with Gasteiger partial charge in [0.25, 0.3) is 5.91 Å². The number of aliphatic carboxylic acids is 1. The number of rotatable bonds is 9. The van der Waals surface area contributed by atoms with Crippen LogP contribution in [-0.4, -0.2) is 50.6 Å². The van der Waals surface area contributed by atoms with E-state index in [1.165, 1.54) is 17.4 Å². The Labute approximate surface area is 205 Å². The van der Waals surface area contributed by atoms with E-state index in [4.69, 9.17) is 23.1 Å². The summed E-state index contributed by atoms with van der Waals surface area (Å²) in [7, 11) is 0. The van der Waals surface area contributed by atoms with E-state index in [0.717, 1.165) is 28.8 Å². The molecule has 178 valence electrons.